The second kappa shape index (κ2) is 12.8. The van der Waals surface area contributed by atoms with Gasteiger partial charge in [-0.2, -0.15) is 0 Å². The standard InChI is InChI=1S/C26H35N5O4/c1-3-4-5-7-15-28-25(32)21-10-9-16-30(18-21)26(33)20-12-13-23(24(17-20)31(34)35)29-19(2)22-11-6-8-14-27-22/h6,8,11-14,17,19,21,29H,3-5,7,9-10,15-16,18H2,1-2H3,(H,28,32)/t19-,21-/m0/s1. The third-order valence-corrected chi connectivity index (χ3v) is 6.35. The van der Waals surface area contributed by atoms with Gasteiger partial charge in [0.15, 0.2) is 0 Å². The molecular formula is C26H35N5O4. The zero-order valence-electron chi connectivity index (χ0n) is 20.5. The predicted molar refractivity (Wildman–Crippen MR) is 135 cm³/mol. The number of hydrogen-bond donors (Lipinski definition) is 2. The number of nitro benzene ring substituents is 1. The molecule has 3 rings (SSSR count). The van der Waals surface area contributed by atoms with Crippen molar-refractivity contribution in [1.29, 1.82) is 0 Å². The van der Waals surface area contributed by atoms with Gasteiger partial charge in [-0.25, -0.2) is 0 Å². The molecule has 0 aliphatic carbocycles. The van der Waals surface area contributed by atoms with Crippen molar-refractivity contribution >= 4 is 23.2 Å². The summed E-state index contributed by atoms with van der Waals surface area (Å²) in [5, 5.41) is 17.9. The number of likely N-dealkylation sites (tertiary alicyclic amines) is 1. The minimum atomic E-state index is -0.491. The van der Waals surface area contributed by atoms with Gasteiger partial charge in [0.2, 0.25) is 5.91 Å². The van der Waals surface area contributed by atoms with Crippen molar-refractivity contribution in [2.75, 3.05) is 25.0 Å². The fraction of sp³-hybridized carbons (Fsp3) is 0.500. The highest BCUT2D eigenvalue weighted by Crippen LogP contribution is 2.30. The van der Waals surface area contributed by atoms with Crippen molar-refractivity contribution in [2.24, 2.45) is 5.92 Å². The summed E-state index contributed by atoms with van der Waals surface area (Å²) in [6.45, 7) is 5.52. The molecule has 2 atom stereocenters. The molecule has 0 spiro atoms. The van der Waals surface area contributed by atoms with Crippen LogP contribution in [0, 0.1) is 16.0 Å². The summed E-state index contributed by atoms with van der Waals surface area (Å²) in [7, 11) is 0. The van der Waals surface area contributed by atoms with Gasteiger partial charge in [0.25, 0.3) is 11.6 Å². The van der Waals surface area contributed by atoms with Crippen LogP contribution in [0.2, 0.25) is 0 Å². The third kappa shape index (κ3) is 7.24. The van der Waals surface area contributed by atoms with E-state index in [0.717, 1.165) is 44.2 Å². The first-order valence-corrected chi connectivity index (χ1v) is 12.4. The van der Waals surface area contributed by atoms with Gasteiger partial charge in [0.05, 0.1) is 22.6 Å². The summed E-state index contributed by atoms with van der Waals surface area (Å²) in [5.74, 6) is -0.570. The van der Waals surface area contributed by atoms with Gasteiger partial charge >= 0.3 is 0 Å². The van der Waals surface area contributed by atoms with Crippen molar-refractivity contribution in [3.63, 3.8) is 0 Å². The lowest BCUT2D eigenvalue weighted by molar-refractivity contribution is -0.384. The Bertz CT molecular complexity index is 1010. The van der Waals surface area contributed by atoms with Crippen molar-refractivity contribution in [1.82, 2.24) is 15.2 Å². The van der Waals surface area contributed by atoms with Crippen LogP contribution in [0.5, 0.6) is 0 Å². The van der Waals surface area contributed by atoms with Gasteiger partial charge < -0.3 is 15.5 Å². The lowest BCUT2D eigenvalue weighted by atomic mass is 9.96. The summed E-state index contributed by atoms with van der Waals surface area (Å²) < 4.78 is 0. The Balaban J connectivity index is 1.65. The lowest BCUT2D eigenvalue weighted by Crippen LogP contribution is -2.45. The van der Waals surface area contributed by atoms with E-state index < -0.39 is 4.92 Å². The normalized spacial score (nSPS) is 16.4. The number of rotatable bonds is 11. The van der Waals surface area contributed by atoms with Crippen LogP contribution in [-0.4, -0.2) is 46.3 Å². The van der Waals surface area contributed by atoms with E-state index in [1.165, 1.54) is 6.07 Å². The molecule has 0 bridgehead atoms. The molecule has 1 fully saturated rings. The smallest absolute Gasteiger partial charge is 0.293 e. The molecule has 9 nitrogen and oxygen atoms in total. The highest BCUT2D eigenvalue weighted by atomic mass is 16.6. The van der Waals surface area contributed by atoms with Gasteiger partial charge in [0.1, 0.15) is 5.69 Å². The molecule has 1 aliphatic rings. The van der Waals surface area contributed by atoms with E-state index in [1.807, 2.05) is 25.1 Å². The molecule has 1 aromatic heterocycles. The first kappa shape index (κ1) is 26.1. The summed E-state index contributed by atoms with van der Waals surface area (Å²) >= 11 is 0. The zero-order valence-corrected chi connectivity index (χ0v) is 20.5. The van der Waals surface area contributed by atoms with Crippen LogP contribution in [-0.2, 0) is 4.79 Å². The zero-order chi connectivity index (χ0) is 25.2. The molecule has 2 amide bonds. The van der Waals surface area contributed by atoms with E-state index in [-0.39, 0.29) is 35.0 Å². The summed E-state index contributed by atoms with van der Waals surface area (Å²) in [4.78, 5) is 43.0. The average Bonchev–Trinajstić information content (AvgIpc) is 2.88. The molecule has 35 heavy (non-hydrogen) atoms. The number of nitrogens with zero attached hydrogens (tertiary/aromatic N) is 3. The first-order valence-electron chi connectivity index (χ1n) is 12.4. The van der Waals surface area contributed by atoms with Crippen molar-refractivity contribution in [3.05, 3.63) is 64.0 Å². The number of amides is 2. The number of pyridine rings is 1. The van der Waals surface area contributed by atoms with Crippen LogP contribution < -0.4 is 10.6 Å². The van der Waals surface area contributed by atoms with Gasteiger partial charge in [0, 0.05) is 37.5 Å². The fourth-order valence-corrected chi connectivity index (χ4v) is 4.34. The summed E-state index contributed by atoms with van der Waals surface area (Å²) in [5.41, 5.74) is 1.15. The monoisotopic (exact) mass is 481 g/mol. The van der Waals surface area contributed by atoms with Crippen LogP contribution in [0.25, 0.3) is 0 Å². The summed E-state index contributed by atoms with van der Waals surface area (Å²) in [6, 6.07) is 9.73. The molecule has 0 radical (unpaired) electrons. The second-order valence-electron chi connectivity index (χ2n) is 9.05. The number of benzene rings is 1. The number of nitrogens with one attached hydrogen (secondary N) is 2. The number of anilines is 1. The first-order chi connectivity index (χ1) is 16.9. The van der Waals surface area contributed by atoms with Crippen LogP contribution in [0.15, 0.2) is 42.6 Å². The largest absolute Gasteiger partial charge is 0.371 e. The predicted octanol–water partition coefficient (Wildman–Crippen LogP) is 4.71. The van der Waals surface area contributed by atoms with E-state index >= 15 is 0 Å². The number of nitro groups is 1. The summed E-state index contributed by atoms with van der Waals surface area (Å²) in [6.07, 6.45) is 7.48. The quantitative estimate of drug-likeness (QED) is 0.273. The number of aromatic nitrogens is 1. The molecule has 0 unspecified atom stereocenters. The Hall–Kier alpha value is -3.49. The highest BCUT2D eigenvalue weighted by Gasteiger charge is 2.30. The molecule has 9 heteroatoms. The third-order valence-electron chi connectivity index (χ3n) is 6.35. The van der Waals surface area contributed by atoms with E-state index in [2.05, 4.69) is 22.5 Å². The van der Waals surface area contributed by atoms with E-state index in [1.54, 1.807) is 23.2 Å². The molecule has 1 aliphatic heterocycles. The maximum absolute atomic E-state index is 13.2. The maximum atomic E-state index is 13.2. The maximum Gasteiger partial charge on any atom is 0.293 e. The van der Waals surface area contributed by atoms with Gasteiger partial charge in [-0.05, 0) is 50.5 Å². The minimum absolute atomic E-state index is 0.0203. The van der Waals surface area contributed by atoms with Gasteiger partial charge in [-0.15, -0.1) is 0 Å². The van der Waals surface area contributed by atoms with Crippen LogP contribution in [0.1, 0.15) is 74.5 Å². The minimum Gasteiger partial charge on any atom is -0.371 e. The SMILES string of the molecule is CCCCCCNC(=O)[C@H]1CCCN(C(=O)c2ccc(N[C@@H](C)c3ccccn3)c([N+](=O)[O-])c2)C1. The Kier molecular flexibility index (Phi) is 9.57. The molecule has 2 N–H and O–H groups in total. The van der Waals surface area contributed by atoms with E-state index in [0.29, 0.717) is 25.3 Å². The van der Waals surface area contributed by atoms with Crippen LogP contribution in [0.3, 0.4) is 0 Å². The Morgan fingerprint density at radius 3 is 2.77 bits per heavy atom. The van der Waals surface area contributed by atoms with Crippen LogP contribution >= 0.6 is 0 Å². The fourth-order valence-electron chi connectivity index (χ4n) is 4.34. The van der Waals surface area contributed by atoms with Crippen LogP contribution in [0.4, 0.5) is 11.4 Å². The Labute approximate surface area is 206 Å². The van der Waals surface area contributed by atoms with Crippen molar-refractivity contribution < 1.29 is 14.5 Å². The van der Waals surface area contributed by atoms with E-state index in [4.69, 9.17) is 0 Å². The van der Waals surface area contributed by atoms with Gasteiger partial charge in [-0.3, -0.25) is 24.7 Å². The molecule has 1 saturated heterocycles. The van der Waals surface area contributed by atoms with Crippen molar-refractivity contribution in [3.8, 4) is 0 Å². The average molecular weight is 482 g/mol. The lowest BCUT2D eigenvalue weighted by Gasteiger charge is -2.32. The Morgan fingerprint density at radius 1 is 1.23 bits per heavy atom. The molecular weight excluding hydrogens is 446 g/mol. The molecule has 0 saturated carbocycles. The topological polar surface area (TPSA) is 117 Å². The molecule has 2 heterocycles. The van der Waals surface area contributed by atoms with E-state index in [9.17, 15) is 19.7 Å². The van der Waals surface area contributed by atoms with Gasteiger partial charge in [-0.1, -0.05) is 32.3 Å². The second-order valence-corrected chi connectivity index (χ2v) is 9.05. The molecule has 2 aromatic rings. The number of unbranched alkanes of at least 4 members (excludes halogenated alkanes) is 3. The molecule has 188 valence electrons. The number of hydrogen-bond acceptors (Lipinski definition) is 6. The Morgan fingerprint density at radius 2 is 2.06 bits per heavy atom. The number of carbonyl (C=O) groups excluding carboxylic acids is 2. The number of carbonyl (C=O) groups is 2. The molecule has 1 aromatic carbocycles. The highest BCUT2D eigenvalue weighted by molar-refractivity contribution is 5.96. The number of piperidine rings is 1. The van der Waals surface area contributed by atoms with Crippen molar-refractivity contribution in [2.45, 2.75) is 58.4 Å².